The van der Waals surface area contributed by atoms with Gasteiger partial charge < -0.3 is 4.57 Å². The number of rotatable bonds is 1. The summed E-state index contributed by atoms with van der Waals surface area (Å²) < 4.78 is 1.90. The van der Waals surface area contributed by atoms with E-state index in [2.05, 4.69) is 4.98 Å². The van der Waals surface area contributed by atoms with E-state index in [0.29, 0.717) is 11.0 Å². The Kier molecular flexibility index (Phi) is 3.04. The third-order valence-electron chi connectivity index (χ3n) is 3.09. The Balaban J connectivity index is 3.01. The molecule has 0 radical (unpaired) electrons. The Labute approximate surface area is 112 Å². The van der Waals surface area contributed by atoms with E-state index in [9.17, 15) is 9.59 Å². The second-order valence-electron chi connectivity index (χ2n) is 5.79. The minimum atomic E-state index is -0.253. The van der Waals surface area contributed by atoms with Crippen molar-refractivity contribution < 1.29 is 4.79 Å². The molecule has 2 heterocycles. The van der Waals surface area contributed by atoms with Crippen LogP contribution in [0.3, 0.4) is 0 Å². The normalized spacial score (nSPS) is 11.8. The fraction of sp³-hybridized carbons (Fsp3) is 0.400. The van der Waals surface area contributed by atoms with Crippen LogP contribution in [0.2, 0.25) is 0 Å². The van der Waals surface area contributed by atoms with Gasteiger partial charge in [0.2, 0.25) is 5.43 Å². The molecule has 0 bridgehead atoms. The predicted molar refractivity (Wildman–Crippen MR) is 75.7 cm³/mol. The molecule has 2 rings (SSSR count). The summed E-state index contributed by atoms with van der Waals surface area (Å²) in [4.78, 5) is 28.4. The molecule has 0 amide bonds. The fourth-order valence-corrected chi connectivity index (χ4v) is 2.06. The molecule has 4 nitrogen and oxygen atoms in total. The molecular formula is C15H18N2O2. The van der Waals surface area contributed by atoms with Crippen LogP contribution in [0, 0.1) is 6.92 Å². The molecule has 2 aromatic rings. The number of carbonyl (C=O) groups excluding carboxylic acids is 1. The number of aryl methyl sites for hydroxylation is 1. The summed E-state index contributed by atoms with van der Waals surface area (Å²) in [5.41, 5.74) is 1.20. The third-order valence-corrected chi connectivity index (χ3v) is 3.09. The highest BCUT2D eigenvalue weighted by Gasteiger charge is 2.20. The quantitative estimate of drug-likeness (QED) is 0.739. The Morgan fingerprint density at radius 3 is 2.42 bits per heavy atom. The van der Waals surface area contributed by atoms with Crippen molar-refractivity contribution in [2.45, 2.75) is 40.2 Å². The van der Waals surface area contributed by atoms with Gasteiger partial charge in [0.05, 0.1) is 10.9 Å². The molecule has 0 aromatic carbocycles. The molecule has 0 spiro atoms. The molecule has 0 atom stereocenters. The summed E-state index contributed by atoms with van der Waals surface area (Å²) >= 11 is 0. The summed E-state index contributed by atoms with van der Waals surface area (Å²) in [6.45, 7) is 9.35. The van der Waals surface area contributed by atoms with Gasteiger partial charge in [-0.1, -0.05) is 0 Å². The van der Waals surface area contributed by atoms with Gasteiger partial charge in [0.1, 0.15) is 5.65 Å². The molecule has 0 aliphatic heterocycles. The van der Waals surface area contributed by atoms with Crippen LogP contribution in [0.15, 0.2) is 23.1 Å². The Hall–Kier alpha value is -1.97. The number of nitrogens with zero attached hydrogens (tertiary/aromatic N) is 2. The second-order valence-corrected chi connectivity index (χ2v) is 5.79. The lowest BCUT2D eigenvalue weighted by molar-refractivity contribution is 0.101. The number of hydrogen-bond acceptors (Lipinski definition) is 3. The van der Waals surface area contributed by atoms with Gasteiger partial charge in [-0.3, -0.25) is 9.59 Å². The van der Waals surface area contributed by atoms with E-state index in [0.717, 1.165) is 5.69 Å². The van der Waals surface area contributed by atoms with Gasteiger partial charge in [-0.2, -0.15) is 0 Å². The largest absolute Gasteiger partial charge is 0.326 e. The number of ketones is 1. The molecule has 100 valence electrons. The van der Waals surface area contributed by atoms with Crippen LogP contribution in [0.4, 0.5) is 0 Å². The molecule has 4 heteroatoms. The number of Topliss-reactive ketones (excluding diaryl/α,β-unsaturated/α-hetero) is 1. The van der Waals surface area contributed by atoms with Crippen molar-refractivity contribution in [2.24, 2.45) is 0 Å². The fourth-order valence-electron chi connectivity index (χ4n) is 2.06. The van der Waals surface area contributed by atoms with Gasteiger partial charge in [0, 0.05) is 17.4 Å². The van der Waals surface area contributed by atoms with Gasteiger partial charge >= 0.3 is 0 Å². The van der Waals surface area contributed by atoms with Crippen molar-refractivity contribution in [3.63, 3.8) is 0 Å². The maximum Gasteiger partial charge on any atom is 0.201 e. The predicted octanol–water partition coefficient (Wildman–Crippen LogP) is 2.66. The number of hydrogen-bond donors (Lipinski definition) is 0. The number of pyridine rings is 2. The molecule has 0 saturated heterocycles. The number of fused-ring (bicyclic) bond motifs is 1. The average molecular weight is 258 g/mol. The summed E-state index contributed by atoms with van der Waals surface area (Å²) in [5.74, 6) is -0.217. The molecule has 0 fully saturated rings. The minimum absolute atomic E-state index is 0.216. The Morgan fingerprint density at radius 1 is 1.26 bits per heavy atom. The van der Waals surface area contributed by atoms with Crippen LogP contribution in [-0.4, -0.2) is 15.3 Å². The summed E-state index contributed by atoms with van der Waals surface area (Å²) in [5, 5.41) is 0.494. The SMILES string of the molecule is CC(=O)c1cn(C(C)(C)C)c2nc(C)ccc2c1=O. The Morgan fingerprint density at radius 2 is 1.89 bits per heavy atom. The maximum atomic E-state index is 12.3. The zero-order valence-corrected chi connectivity index (χ0v) is 11.9. The number of carbonyl (C=O) groups is 1. The van der Waals surface area contributed by atoms with E-state index in [4.69, 9.17) is 0 Å². The van der Waals surface area contributed by atoms with E-state index in [1.807, 2.05) is 32.3 Å². The van der Waals surface area contributed by atoms with Gasteiger partial charge in [0.15, 0.2) is 5.78 Å². The average Bonchev–Trinajstić information content (AvgIpc) is 2.26. The van der Waals surface area contributed by atoms with Crippen molar-refractivity contribution in [1.29, 1.82) is 0 Å². The molecule has 0 saturated carbocycles. The van der Waals surface area contributed by atoms with E-state index >= 15 is 0 Å². The minimum Gasteiger partial charge on any atom is -0.326 e. The van der Waals surface area contributed by atoms with Crippen LogP contribution < -0.4 is 5.43 Å². The van der Waals surface area contributed by atoms with Gasteiger partial charge in [0.25, 0.3) is 0 Å². The van der Waals surface area contributed by atoms with Crippen molar-refractivity contribution >= 4 is 16.8 Å². The van der Waals surface area contributed by atoms with Crippen molar-refractivity contribution in [3.05, 3.63) is 39.8 Å². The van der Waals surface area contributed by atoms with E-state index < -0.39 is 0 Å². The molecule has 2 aromatic heterocycles. The van der Waals surface area contributed by atoms with E-state index in [1.165, 1.54) is 6.92 Å². The highest BCUT2D eigenvalue weighted by atomic mass is 16.1. The van der Waals surface area contributed by atoms with Gasteiger partial charge in [-0.15, -0.1) is 0 Å². The van der Waals surface area contributed by atoms with Crippen LogP contribution in [-0.2, 0) is 5.54 Å². The van der Waals surface area contributed by atoms with Crippen LogP contribution in [0.25, 0.3) is 11.0 Å². The lowest BCUT2D eigenvalue weighted by Crippen LogP contribution is -2.28. The molecule has 19 heavy (non-hydrogen) atoms. The van der Waals surface area contributed by atoms with Crippen molar-refractivity contribution in [2.75, 3.05) is 0 Å². The molecular weight excluding hydrogens is 240 g/mol. The first-order valence-corrected chi connectivity index (χ1v) is 6.26. The zero-order valence-electron chi connectivity index (χ0n) is 11.9. The molecule has 0 aliphatic rings. The zero-order chi connectivity index (χ0) is 14.4. The highest BCUT2D eigenvalue weighted by molar-refractivity contribution is 5.96. The second kappa shape index (κ2) is 4.30. The van der Waals surface area contributed by atoms with Crippen LogP contribution in [0.1, 0.15) is 43.7 Å². The monoisotopic (exact) mass is 258 g/mol. The molecule has 0 aliphatic carbocycles. The third kappa shape index (κ3) is 2.30. The smallest absolute Gasteiger partial charge is 0.201 e. The van der Waals surface area contributed by atoms with Crippen LogP contribution >= 0.6 is 0 Å². The highest BCUT2D eigenvalue weighted by Crippen LogP contribution is 2.20. The van der Waals surface area contributed by atoms with Gasteiger partial charge in [-0.05, 0) is 46.8 Å². The van der Waals surface area contributed by atoms with Gasteiger partial charge in [-0.25, -0.2) is 4.98 Å². The first-order chi connectivity index (χ1) is 8.71. The van der Waals surface area contributed by atoms with E-state index in [-0.39, 0.29) is 22.3 Å². The first kappa shape index (κ1) is 13.5. The first-order valence-electron chi connectivity index (χ1n) is 6.26. The summed E-state index contributed by atoms with van der Waals surface area (Å²) in [6.07, 6.45) is 1.62. The van der Waals surface area contributed by atoms with Crippen molar-refractivity contribution in [1.82, 2.24) is 9.55 Å². The summed E-state index contributed by atoms with van der Waals surface area (Å²) in [7, 11) is 0. The van der Waals surface area contributed by atoms with Crippen molar-refractivity contribution in [3.8, 4) is 0 Å². The standard InChI is InChI=1S/C15H18N2O2/c1-9-6-7-11-13(19)12(10(2)18)8-17(14(11)16-9)15(3,4)5/h6-8H,1-5H3. The van der Waals surface area contributed by atoms with E-state index in [1.54, 1.807) is 18.3 Å². The number of aromatic nitrogens is 2. The lowest BCUT2D eigenvalue weighted by Gasteiger charge is -2.25. The lowest BCUT2D eigenvalue weighted by atomic mass is 10.0. The topological polar surface area (TPSA) is 52.0 Å². The molecule has 0 N–H and O–H groups in total. The van der Waals surface area contributed by atoms with Crippen LogP contribution in [0.5, 0.6) is 0 Å². The summed E-state index contributed by atoms with van der Waals surface area (Å²) in [6, 6.07) is 3.54. The molecule has 0 unspecified atom stereocenters. The Bertz CT molecular complexity index is 721. The maximum absolute atomic E-state index is 12.3.